The van der Waals surface area contributed by atoms with E-state index in [1.54, 1.807) is 0 Å². The highest BCUT2D eigenvalue weighted by Crippen LogP contribution is 2.41. The summed E-state index contributed by atoms with van der Waals surface area (Å²) in [5.74, 6) is 1.91. The Balaban J connectivity index is 1.12. The molecule has 0 atom stereocenters. The Morgan fingerprint density at radius 2 is 0.768 bits per heavy atom. The van der Waals surface area contributed by atoms with Crippen molar-refractivity contribution in [2.45, 2.75) is 0 Å². The van der Waals surface area contributed by atoms with Gasteiger partial charge in [0.25, 0.3) is 0 Å². The van der Waals surface area contributed by atoms with Gasteiger partial charge in [0.15, 0.2) is 17.5 Å². The molecule has 0 unspecified atom stereocenters. The maximum Gasteiger partial charge on any atom is 0.164 e. The molecule has 0 saturated carbocycles. The van der Waals surface area contributed by atoms with E-state index in [0.29, 0.717) is 17.5 Å². The quantitative estimate of drug-likeness (QED) is 0.172. The van der Waals surface area contributed by atoms with Crippen molar-refractivity contribution in [3.63, 3.8) is 0 Å². The molecule has 0 saturated heterocycles. The van der Waals surface area contributed by atoms with Gasteiger partial charge in [-0.2, -0.15) is 0 Å². The lowest BCUT2D eigenvalue weighted by Gasteiger charge is -2.13. The Labute approximate surface area is 323 Å². The fourth-order valence-corrected chi connectivity index (χ4v) is 8.23. The molecule has 0 bridgehead atoms. The van der Waals surface area contributed by atoms with Crippen LogP contribution in [0.25, 0.3) is 100 Å². The van der Waals surface area contributed by atoms with Crippen LogP contribution in [0.4, 0.5) is 0 Å². The Bertz CT molecular complexity index is 3180. The third-order valence-corrected chi connectivity index (χ3v) is 10.8. The normalized spacial score (nSPS) is 11.6. The van der Waals surface area contributed by atoms with Gasteiger partial charge in [-0.15, -0.1) is 0 Å². The van der Waals surface area contributed by atoms with Gasteiger partial charge < -0.3 is 9.13 Å². The molecule has 11 aromatic rings. The topological polar surface area (TPSA) is 48.5 Å². The van der Waals surface area contributed by atoms with E-state index >= 15 is 0 Å². The van der Waals surface area contributed by atoms with E-state index in [1.165, 1.54) is 38.1 Å². The minimum Gasteiger partial charge on any atom is -0.309 e. The van der Waals surface area contributed by atoms with Gasteiger partial charge >= 0.3 is 0 Å². The number of aromatic nitrogens is 5. The third kappa shape index (κ3) is 5.21. The highest BCUT2D eigenvalue weighted by Gasteiger charge is 2.19. The molecule has 0 fully saturated rings. The van der Waals surface area contributed by atoms with Crippen molar-refractivity contribution in [2.24, 2.45) is 0 Å². The minimum absolute atomic E-state index is 0.626. The van der Waals surface area contributed by atoms with Crippen molar-refractivity contribution < 1.29 is 0 Å². The maximum atomic E-state index is 5.05. The first-order chi connectivity index (χ1) is 27.8. The second-order valence-corrected chi connectivity index (χ2v) is 14.1. The van der Waals surface area contributed by atoms with Crippen molar-refractivity contribution in [1.82, 2.24) is 24.1 Å². The predicted molar refractivity (Wildman–Crippen MR) is 230 cm³/mol. The molecule has 56 heavy (non-hydrogen) atoms. The number of benzene rings is 8. The standard InChI is InChI=1S/C51H33N5/c1-4-16-34(17-5-1)49-52-50(35-18-6-2-7-19-35)54-51(53-49)37-20-14-23-39(32-37)55-45-28-12-10-24-41(45)43-31-30-36(33-47(43)55)40-26-15-27-44-42-25-11-13-29-46(42)56(48(40)44)38-21-8-3-9-22-38/h1-33H. The first kappa shape index (κ1) is 31.9. The summed E-state index contributed by atoms with van der Waals surface area (Å²) in [6.07, 6.45) is 0. The lowest BCUT2D eigenvalue weighted by atomic mass is 10.00. The van der Waals surface area contributed by atoms with Gasteiger partial charge in [0.2, 0.25) is 0 Å². The summed E-state index contributed by atoms with van der Waals surface area (Å²) in [7, 11) is 0. The molecule has 0 spiro atoms. The molecule has 0 aliphatic carbocycles. The molecule has 0 amide bonds. The molecule has 262 valence electrons. The lowest BCUT2D eigenvalue weighted by Crippen LogP contribution is -2.01. The van der Waals surface area contributed by atoms with Crippen LogP contribution in [-0.4, -0.2) is 24.1 Å². The second-order valence-electron chi connectivity index (χ2n) is 14.1. The Kier molecular flexibility index (Phi) is 7.42. The van der Waals surface area contributed by atoms with Gasteiger partial charge in [-0.25, -0.2) is 15.0 Å². The number of rotatable bonds is 6. The monoisotopic (exact) mass is 715 g/mol. The van der Waals surface area contributed by atoms with Crippen molar-refractivity contribution >= 4 is 43.6 Å². The largest absolute Gasteiger partial charge is 0.309 e. The number of hydrogen-bond donors (Lipinski definition) is 0. The predicted octanol–water partition coefficient (Wildman–Crippen LogP) is 12.7. The number of para-hydroxylation sites is 4. The summed E-state index contributed by atoms with van der Waals surface area (Å²) in [5.41, 5.74) is 12.0. The van der Waals surface area contributed by atoms with E-state index in [0.717, 1.165) is 44.7 Å². The van der Waals surface area contributed by atoms with E-state index in [4.69, 9.17) is 15.0 Å². The van der Waals surface area contributed by atoms with Crippen LogP contribution in [0.15, 0.2) is 200 Å². The Morgan fingerprint density at radius 3 is 1.45 bits per heavy atom. The van der Waals surface area contributed by atoms with Gasteiger partial charge in [-0.1, -0.05) is 158 Å². The van der Waals surface area contributed by atoms with E-state index in [2.05, 4.69) is 149 Å². The number of hydrogen-bond acceptors (Lipinski definition) is 3. The third-order valence-electron chi connectivity index (χ3n) is 10.8. The summed E-state index contributed by atoms with van der Waals surface area (Å²) < 4.78 is 4.79. The number of fused-ring (bicyclic) bond motifs is 6. The molecular weight excluding hydrogens is 683 g/mol. The number of nitrogens with zero attached hydrogens (tertiary/aromatic N) is 5. The lowest BCUT2D eigenvalue weighted by molar-refractivity contribution is 1.07. The van der Waals surface area contributed by atoms with E-state index < -0.39 is 0 Å². The zero-order valence-corrected chi connectivity index (χ0v) is 30.3. The van der Waals surface area contributed by atoms with Crippen molar-refractivity contribution in [2.75, 3.05) is 0 Å². The van der Waals surface area contributed by atoms with Crippen molar-refractivity contribution in [3.05, 3.63) is 200 Å². The van der Waals surface area contributed by atoms with Gasteiger partial charge in [0.05, 0.1) is 22.1 Å². The van der Waals surface area contributed by atoms with Crippen LogP contribution in [0.1, 0.15) is 0 Å². The fraction of sp³-hybridized carbons (Fsp3) is 0. The van der Waals surface area contributed by atoms with E-state index in [1.807, 2.05) is 60.7 Å². The van der Waals surface area contributed by atoms with Crippen LogP contribution < -0.4 is 0 Å². The molecule has 0 aliphatic heterocycles. The van der Waals surface area contributed by atoms with Gasteiger partial charge in [-0.3, -0.25) is 0 Å². The molecular formula is C51H33N5. The summed E-state index contributed by atoms with van der Waals surface area (Å²) in [5, 5.41) is 4.87. The summed E-state index contributed by atoms with van der Waals surface area (Å²) >= 11 is 0. The first-order valence-corrected chi connectivity index (χ1v) is 18.9. The summed E-state index contributed by atoms with van der Waals surface area (Å²) in [6.45, 7) is 0. The second kappa shape index (κ2) is 13.0. The molecule has 0 aliphatic rings. The smallest absolute Gasteiger partial charge is 0.164 e. The molecule has 3 heterocycles. The average molecular weight is 716 g/mol. The first-order valence-electron chi connectivity index (χ1n) is 18.9. The summed E-state index contributed by atoms with van der Waals surface area (Å²) in [6, 6.07) is 70.4. The highest BCUT2D eigenvalue weighted by atomic mass is 15.0. The van der Waals surface area contributed by atoms with E-state index in [-0.39, 0.29) is 0 Å². The van der Waals surface area contributed by atoms with Gasteiger partial charge in [-0.05, 0) is 48.0 Å². The molecule has 0 N–H and O–H groups in total. The SMILES string of the molecule is c1ccc(-c2nc(-c3ccccc3)nc(-c3cccc(-n4c5ccccc5c5ccc(-c6cccc7c8ccccc8n(-c8ccccc8)c67)cc54)c3)n2)cc1. The highest BCUT2D eigenvalue weighted by molar-refractivity contribution is 6.15. The zero-order valence-electron chi connectivity index (χ0n) is 30.3. The zero-order chi connectivity index (χ0) is 37.0. The Morgan fingerprint density at radius 1 is 0.286 bits per heavy atom. The van der Waals surface area contributed by atoms with Crippen LogP contribution >= 0.6 is 0 Å². The fourth-order valence-electron chi connectivity index (χ4n) is 8.23. The molecule has 8 aromatic carbocycles. The minimum atomic E-state index is 0.626. The summed E-state index contributed by atoms with van der Waals surface area (Å²) in [4.78, 5) is 15.0. The van der Waals surface area contributed by atoms with Gasteiger partial charge in [0.1, 0.15) is 0 Å². The Hall–Kier alpha value is -7.63. The molecule has 3 aromatic heterocycles. The van der Waals surface area contributed by atoms with Crippen molar-refractivity contribution in [1.29, 1.82) is 0 Å². The molecule has 0 radical (unpaired) electrons. The van der Waals surface area contributed by atoms with Crippen LogP contribution in [0, 0.1) is 0 Å². The van der Waals surface area contributed by atoms with Crippen LogP contribution in [-0.2, 0) is 0 Å². The maximum absolute atomic E-state index is 5.05. The van der Waals surface area contributed by atoms with Crippen LogP contribution in [0.3, 0.4) is 0 Å². The molecule has 5 nitrogen and oxygen atoms in total. The van der Waals surface area contributed by atoms with Gasteiger partial charge in [0, 0.05) is 55.2 Å². The van der Waals surface area contributed by atoms with Crippen LogP contribution in [0.5, 0.6) is 0 Å². The van der Waals surface area contributed by atoms with Crippen molar-refractivity contribution in [3.8, 4) is 56.7 Å². The van der Waals surface area contributed by atoms with Crippen LogP contribution in [0.2, 0.25) is 0 Å². The molecule has 11 rings (SSSR count). The average Bonchev–Trinajstić information content (AvgIpc) is 3.80. The molecule has 5 heteroatoms. The van der Waals surface area contributed by atoms with E-state index in [9.17, 15) is 0 Å².